The van der Waals surface area contributed by atoms with Crippen LogP contribution in [0.25, 0.3) is 12.2 Å². The summed E-state index contributed by atoms with van der Waals surface area (Å²) in [4.78, 5) is 12.0. The number of hydrogen-bond donors (Lipinski definition) is 1. The summed E-state index contributed by atoms with van der Waals surface area (Å²) in [6.45, 7) is 5.06. The van der Waals surface area contributed by atoms with Crippen LogP contribution in [-0.2, 0) is 9.53 Å². The molecule has 0 aliphatic carbocycles. The van der Waals surface area contributed by atoms with Gasteiger partial charge in [0.05, 0.1) is 12.1 Å². The molecule has 190 valence electrons. The molecule has 1 atom stereocenters. The minimum atomic E-state index is -0.633. The topological polar surface area (TPSA) is 61.6 Å². The van der Waals surface area contributed by atoms with Crippen LogP contribution in [0.2, 0.25) is 0 Å². The van der Waals surface area contributed by atoms with Crippen molar-refractivity contribution in [1.82, 2.24) is 0 Å². The molecule has 4 nitrogen and oxygen atoms in total. The second-order valence-electron chi connectivity index (χ2n) is 9.50. The van der Waals surface area contributed by atoms with Crippen molar-refractivity contribution >= 4 is 18.1 Å². The fourth-order valence-corrected chi connectivity index (χ4v) is 3.64. The van der Waals surface area contributed by atoms with Gasteiger partial charge >= 0.3 is 5.97 Å². The van der Waals surface area contributed by atoms with Gasteiger partial charge in [-0.3, -0.25) is 0 Å². The molecule has 0 amide bonds. The van der Waals surface area contributed by atoms with Gasteiger partial charge in [0.15, 0.2) is 0 Å². The maximum Gasteiger partial charge on any atom is 0.330 e. The van der Waals surface area contributed by atoms with E-state index in [0.29, 0.717) is 6.42 Å². The van der Waals surface area contributed by atoms with Crippen molar-refractivity contribution in [3.8, 4) is 5.75 Å². The molecule has 0 saturated carbocycles. The summed E-state index contributed by atoms with van der Waals surface area (Å²) in [5.41, 5.74) is 7.71. The van der Waals surface area contributed by atoms with Crippen molar-refractivity contribution in [2.24, 2.45) is 5.73 Å². The number of ether oxygens (including phenoxy) is 2. The van der Waals surface area contributed by atoms with Gasteiger partial charge in [-0.25, -0.2) is 4.79 Å². The maximum atomic E-state index is 12.0. The van der Waals surface area contributed by atoms with Crippen LogP contribution in [0.15, 0.2) is 66.7 Å². The van der Waals surface area contributed by atoms with Crippen molar-refractivity contribution in [3.63, 3.8) is 0 Å². The normalized spacial score (nSPS) is 13.2. The van der Waals surface area contributed by atoms with E-state index in [1.165, 1.54) is 51.0 Å². The molecular formula is C31H43NO3. The van der Waals surface area contributed by atoms with E-state index < -0.39 is 11.5 Å². The Labute approximate surface area is 212 Å². The van der Waals surface area contributed by atoms with Crippen LogP contribution in [0.3, 0.4) is 0 Å². The van der Waals surface area contributed by atoms with Gasteiger partial charge in [0.2, 0.25) is 0 Å². The number of carbonyl (C=O) groups is 1. The first-order chi connectivity index (χ1) is 17.0. The predicted octanol–water partition coefficient (Wildman–Crippen LogP) is 7.58. The third-order valence-electron chi connectivity index (χ3n) is 5.80. The number of rotatable bonds is 17. The lowest BCUT2D eigenvalue weighted by Gasteiger charge is -2.22. The minimum Gasteiger partial charge on any atom is -0.494 e. The third kappa shape index (κ3) is 13.6. The van der Waals surface area contributed by atoms with E-state index >= 15 is 0 Å². The first-order valence-electron chi connectivity index (χ1n) is 13.1. The Morgan fingerprint density at radius 1 is 0.857 bits per heavy atom. The highest BCUT2D eigenvalue weighted by Gasteiger charge is 2.18. The smallest absolute Gasteiger partial charge is 0.330 e. The zero-order valence-corrected chi connectivity index (χ0v) is 21.6. The zero-order chi connectivity index (χ0) is 25.2. The van der Waals surface area contributed by atoms with E-state index in [0.717, 1.165) is 29.9 Å². The average Bonchev–Trinajstić information content (AvgIpc) is 2.87. The molecule has 0 aliphatic rings. The lowest BCUT2D eigenvalue weighted by molar-refractivity contribution is -0.139. The Bertz CT molecular complexity index is 885. The molecule has 0 aromatic heterocycles. The van der Waals surface area contributed by atoms with Crippen molar-refractivity contribution < 1.29 is 14.3 Å². The highest BCUT2D eigenvalue weighted by atomic mass is 16.5. The Balaban J connectivity index is 1.62. The number of carbonyl (C=O) groups excluding carboxylic acids is 1. The Hall–Kier alpha value is -2.85. The number of benzene rings is 2. The monoisotopic (exact) mass is 477 g/mol. The Morgan fingerprint density at radius 3 is 2.17 bits per heavy atom. The van der Waals surface area contributed by atoms with Crippen LogP contribution in [0.5, 0.6) is 5.75 Å². The van der Waals surface area contributed by atoms with Crippen molar-refractivity contribution in [1.29, 1.82) is 0 Å². The summed E-state index contributed by atoms with van der Waals surface area (Å²) in [7, 11) is 0. The molecule has 0 bridgehead atoms. The minimum absolute atomic E-state index is 0.154. The first-order valence-corrected chi connectivity index (χ1v) is 13.1. The Kier molecular flexibility index (Phi) is 13.6. The van der Waals surface area contributed by atoms with Gasteiger partial charge in [0.25, 0.3) is 0 Å². The first kappa shape index (κ1) is 28.4. The molecule has 0 saturated heterocycles. The van der Waals surface area contributed by atoms with E-state index in [-0.39, 0.29) is 6.61 Å². The van der Waals surface area contributed by atoms with Gasteiger partial charge in [-0.15, -0.1) is 0 Å². The van der Waals surface area contributed by atoms with E-state index in [2.05, 4.69) is 6.92 Å². The van der Waals surface area contributed by atoms with Gasteiger partial charge in [0, 0.05) is 6.08 Å². The lowest BCUT2D eigenvalue weighted by atomic mass is 10.00. The number of hydrogen-bond acceptors (Lipinski definition) is 4. The largest absolute Gasteiger partial charge is 0.494 e. The Morgan fingerprint density at radius 2 is 1.49 bits per heavy atom. The molecule has 0 fully saturated rings. The fraction of sp³-hybridized carbons (Fsp3) is 0.452. The van der Waals surface area contributed by atoms with Crippen LogP contribution in [-0.4, -0.2) is 24.7 Å². The van der Waals surface area contributed by atoms with Crippen molar-refractivity contribution in [2.45, 2.75) is 77.2 Å². The van der Waals surface area contributed by atoms with Gasteiger partial charge in [-0.1, -0.05) is 106 Å². The van der Waals surface area contributed by atoms with Crippen molar-refractivity contribution in [2.75, 3.05) is 13.2 Å². The predicted molar refractivity (Wildman–Crippen MR) is 147 cm³/mol. The van der Waals surface area contributed by atoms with Crippen LogP contribution < -0.4 is 10.5 Å². The SMILES string of the molecule is CCCCCCCCCCOc1ccc(C=CCC(C)(N)COC(=O)/C=C/c2ccccc2)cc1. The second-order valence-corrected chi connectivity index (χ2v) is 9.50. The molecule has 35 heavy (non-hydrogen) atoms. The highest BCUT2D eigenvalue weighted by Crippen LogP contribution is 2.16. The molecule has 2 aromatic rings. The lowest BCUT2D eigenvalue weighted by Crippen LogP contribution is -2.41. The summed E-state index contributed by atoms with van der Waals surface area (Å²) >= 11 is 0. The van der Waals surface area contributed by atoms with Crippen molar-refractivity contribution in [3.05, 3.63) is 77.9 Å². The van der Waals surface area contributed by atoms with E-state index in [4.69, 9.17) is 15.2 Å². The van der Waals surface area contributed by atoms with Crippen LogP contribution in [0, 0.1) is 0 Å². The molecular weight excluding hydrogens is 434 g/mol. The number of esters is 1. The molecule has 0 radical (unpaired) electrons. The molecule has 0 heterocycles. The fourth-order valence-electron chi connectivity index (χ4n) is 3.64. The summed E-state index contributed by atoms with van der Waals surface area (Å²) < 4.78 is 11.2. The molecule has 2 aromatic carbocycles. The van der Waals surface area contributed by atoms with Gasteiger partial charge in [-0.2, -0.15) is 0 Å². The quantitative estimate of drug-likeness (QED) is 0.145. The van der Waals surface area contributed by atoms with Gasteiger partial charge in [0.1, 0.15) is 12.4 Å². The average molecular weight is 478 g/mol. The zero-order valence-electron chi connectivity index (χ0n) is 21.6. The van der Waals surface area contributed by atoms with Gasteiger partial charge in [-0.05, 0) is 49.1 Å². The van der Waals surface area contributed by atoms with E-state index in [1.54, 1.807) is 6.08 Å². The van der Waals surface area contributed by atoms with Crippen LogP contribution >= 0.6 is 0 Å². The molecule has 2 N–H and O–H groups in total. The maximum absolute atomic E-state index is 12.0. The summed E-state index contributed by atoms with van der Waals surface area (Å²) in [6, 6.07) is 17.7. The molecule has 1 unspecified atom stereocenters. The third-order valence-corrected chi connectivity index (χ3v) is 5.80. The van der Waals surface area contributed by atoms with E-state index in [9.17, 15) is 4.79 Å². The van der Waals surface area contributed by atoms with Gasteiger partial charge < -0.3 is 15.2 Å². The molecule has 2 rings (SSSR count). The second kappa shape index (κ2) is 16.7. The summed E-state index contributed by atoms with van der Waals surface area (Å²) in [5, 5.41) is 0. The number of nitrogens with two attached hydrogens (primary N) is 1. The van der Waals surface area contributed by atoms with Crippen LogP contribution in [0.1, 0.15) is 82.8 Å². The summed E-state index contributed by atoms with van der Waals surface area (Å²) in [6.07, 6.45) is 18.2. The molecule has 0 aliphatic heterocycles. The van der Waals surface area contributed by atoms with Crippen LogP contribution in [0.4, 0.5) is 0 Å². The molecule has 0 spiro atoms. The molecule has 4 heteroatoms. The standard InChI is InChI=1S/C31H43NO3/c1-3-4-5-6-7-8-9-13-25-34-29-21-18-28(19-22-29)17-14-24-31(2,32)26-35-30(33)23-20-27-15-11-10-12-16-27/h10-12,14-23H,3-9,13,24-26,32H2,1-2H3/b17-14?,23-20+. The number of unbranched alkanes of at least 4 members (excludes halogenated alkanes) is 7. The summed E-state index contributed by atoms with van der Waals surface area (Å²) in [5.74, 6) is 0.515. The van der Waals surface area contributed by atoms with E-state index in [1.807, 2.05) is 73.7 Å². The highest BCUT2D eigenvalue weighted by molar-refractivity contribution is 5.87.